The van der Waals surface area contributed by atoms with Gasteiger partial charge in [0, 0.05) is 5.69 Å². The van der Waals surface area contributed by atoms with Gasteiger partial charge < -0.3 is 10.4 Å². The molecule has 1 amide bonds. The van der Waals surface area contributed by atoms with Crippen LogP contribution in [0.15, 0.2) is 78.9 Å². The molecule has 0 heterocycles. The first kappa shape index (κ1) is 17.2. The van der Waals surface area contributed by atoms with E-state index in [1.807, 2.05) is 54.6 Å². The fourth-order valence-corrected chi connectivity index (χ4v) is 2.50. The van der Waals surface area contributed by atoms with E-state index in [0.717, 1.165) is 11.1 Å². The highest BCUT2D eigenvalue weighted by atomic mass is 16.4. The van der Waals surface area contributed by atoms with Crippen LogP contribution < -0.4 is 5.32 Å². The Morgan fingerprint density at radius 1 is 0.692 bits per heavy atom. The number of hydrogen-bond acceptors (Lipinski definition) is 2. The van der Waals surface area contributed by atoms with Gasteiger partial charge in [-0.2, -0.15) is 0 Å². The van der Waals surface area contributed by atoms with Gasteiger partial charge in [-0.05, 0) is 35.4 Å². The van der Waals surface area contributed by atoms with Gasteiger partial charge in [-0.3, -0.25) is 4.79 Å². The maximum Gasteiger partial charge on any atom is 0.336 e. The molecule has 0 aliphatic rings. The third-order valence-electron chi connectivity index (χ3n) is 3.84. The Morgan fingerprint density at radius 2 is 1.23 bits per heavy atom. The summed E-state index contributed by atoms with van der Waals surface area (Å²) in [5.74, 6) is -1.58. The van der Waals surface area contributed by atoms with Crippen LogP contribution in [0, 0.1) is 0 Å². The summed E-state index contributed by atoms with van der Waals surface area (Å²) in [6.07, 6.45) is 4.00. The van der Waals surface area contributed by atoms with E-state index in [4.69, 9.17) is 0 Å². The maximum atomic E-state index is 12.3. The maximum absolute atomic E-state index is 12.3. The Balaban J connectivity index is 1.71. The van der Waals surface area contributed by atoms with Crippen molar-refractivity contribution in [1.29, 1.82) is 0 Å². The van der Waals surface area contributed by atoms with E-state index in [1.165, 1.54) is 12.1 Å². The molecule has 0 aliphatic heterocycles. The molecule has 4 nitrogen and oxygen atoms in total. The highest BCUT2D eigenvalue weighted by Crippen LogP contribution is 2.15. The molecular formula is C22H17NO3. The van der Waals surface area contributed by atoms with Crippen LogP contribution in [-0.2, 0) is 0 Å². The van der Waals surface area contributed by atoms with Crippen LogP contribution in [0.4, 0.5) is 5.69 Å². The highest BCUT2D eigenvalue weighted by Gasteiger charge is 2.15. The van der Waals surface area contributed by atoms with Crippen molar-refractivity contribution in [2.45, 2.75) is 0 Å². The second kappa shape index (κ2) is 7.94. The number of rotatable bonds is 5. The van der Waals surface area contributed by atoms with E-state index >= 15 is 0 Å². The number of aromatic carboxylic acids is 1. The number of hydrogen-bond donors (Lipinski definition) is 2. The summed E-state index contributed by atoms with van der Waals surface area (Å²) >= 11 is 0. The van der Waals surface area contributed by atoms with Crippen molar-refractivity contribution >= 4 is 29.7 Å². The fraction of sp³-hybridized carbons (Fsp3) is 0. The molecule has 0 unspecified atom stereocenters. The largest absolute Gasteiger partial charge is 0.478 e. The van der Waals surface area contributed by atoms with Gasteiger partial charge in [-0.1, -0.05) is 66.7 Å². The first-order valence-electron chi connectivity index (χ1n) is 8.10. The number of carbonyl (C=O) groups is 2. The third-order valence-corrected chi connectivity index (χ3v) is 3.84. The van der Waals surface area contributed by atoms with Gasteiger partial charge in [0.15, 0.2) is 0 Å². The van der Waals surface area contributed by atoms with Crippen molar-refractivity contribution in [3.8, 4) is 0 Å². The van der Waals surface area contributed by atoms with Gasteiger partial charge in [0.1, 0.15) is 0 Å². The average molecular weight is 343 g/mol. The molecule has 4 heteroatoms. The van der Waals surface area contributed by atoms with E-state index in [9.17, 15) is 14.7 Å². The van der Waals surface area contributed by atoms with Crippen molar-refractivity contribution in [1.82, 2.24) is 0 Å². The molecule has 0 aliphatic carbocycles. The van der Waals surface area contributed by atoms with Gasteiger partial charge in [0.25, 0.3) is 5.91 Å². The summed E-state index contributed by atoms with van der Waals surface area (Å²) in [5, 5.41) is 11.9. The lowest BCUT2D eigenvalue weighted by atomic mass is 10.1. The quantitative estimate of drug-likeness (QED) is 0.654. The Bertz CT molecular complexity index is 945. The fourth-order valence-electron chi connectivity index (χ4n) is 2.50. The first-order valence-corrected chi connectivity index (χ1v) is 8.10. The molecule has 26 heavy (non-hydrogen) atoms. The van der Waals surface area contributed by atoms with E-state index in [-0.39, 0.29) is 11.1 Å². The molecule has 3 aromatic rings. The molecular weight excluding hydrogens is 326 g/mol. The second-order valence-electron chi connectivity index (χ2n) is 5.67. The van der Waals surface area contributed by atoms with Gasteiger partial charge in [0.2, 0.25) is 0 Å². The highest BCUT2D eigenvalue weighted by molar-refractivity contribution is 6.10. The third kappa shape index (κ3) is 4.24. The summed E-state index contributed by atoms with van der Waals surface area (Å²) in [7, 11) is 0. The Hall–Kier alpha value is -3.66. The van der Waals surface area contributed by atoms with E-state index in [2.05, 4.69) is 5.32 Å². The zero-order valence-corrected chi connectivity index (χ0v) is 13.9. The normalized spacial score (nSPS) is 10.6. The standard InChI is InChI=1S/C22H17NO3/c24-21(19-8-4-5-9-20(19)22(25)26)23-18-14-12-17(13-15-18)11-10-16-6-2-1-3-7-16/h1-15H,(H,23,24)(H,25,26). The number of anilines is 1. The van der Waals surface area contributed by atoms with Gasteiger partial charge in [-0.25, -0.2) is 4.79 Å². The van der Waals surface area contributed by atoms with Crippen molar-refractivity contribution in [3.05, 3.63) is 101 Å². The second-order valence-corrected chi connectivity index (χ2v) is 5.67. The molecule has 3 aromatic carbocycles. The van der Waals surface area contributed by atoms with Gasteiger partial charge >= 0.3 is 5.97 Å². The minimum absolute atomic E-state index is 0.0209. The Kier molecular flexibility index (Phi) is 5.25. The van der Waals surface area contributed by atoms with Crippen molar-refractivity contribution in [3.63, 3.8) is 0 Å². The summed E-state index contributed by atoms with van der Waals surface area (Å²) in [5.41, 5.74) is 2.82. The molecule has 3 rings (SSSR count). The van der Waals surface area contributed by atoms with Crippen LogP contribution in [-0.4, -0.2) is 17.0 Å². The van der Waals surface area contributed by atoms with Gasteiger partial charge in [-0.15, -0.1) is 0 Å². The molecule has 0 saturated heterocycles. The van der Waals surface area contributed by atoms with Crippen LogP contribution in [0.25, 0.3) is 12.2 Å². The molecule has 0 spiro atoms. The minimum Gasteiger partial charge on any atom is -0.478 e. The molecule has 0 aromatic heterocycles. The number of carbonyl (C=O) groups excluding carboxylic acids is 1. The molecule has 128 valence electrons. The number of amides is 1. The van der Waals surface area contributed by atoms with E-state index < -0.39 is 11.9 Å². The SMILES string of the molecule is O=C(O)c1ccccc1C(=O)Nc1ccc(C=Cc2ccccc2)cc1. The molecule has 0 bridgehead atoms. The summed E-state index contributed by atoms with van der Waals surface area (Å²) < 4.78 is 0. The van der Waals surface area contributed by atoms with Crippen LogP contribution in [0.5, 0.6) is 0 Å². The lowest BCUT2D eigenvalue weighted by Gasteiger charge is -2.08. The van der Waals surface area contributed by atoms with Crippen LogP contribution in [0.3, 0.4) is 0 Å². The summed E-state index contributed by atoms with van der Waals surface area (Å²) in [4.78, 5) is 23.6. The minimum atomic E-state index is -1.13. The topological polar surface area (TPSA) is 66.4 Å². The van der Waals surface area contributed by atoms with Crippen LogP contribution in [0.1, 0.15) is 31.8 Å². The number of carboxylic acid groups (broad SMARTS) is 1. The predicted octanol–water partition coefficient (Wildman–Crippen LogP) is 4.81. The average Bonchev–Trinajstić information content (AvgIpc) is 2.68. The van der Waals surface area contributed by atoms with Gasteiger partial charge in [0.05, 0.1) is 11.1 Å². The smallest absolute Gasteiger partial charge is 0.336 e. The monoisotopic (exact) mass is 343 g/mol. The summed E-state index contributed by atoms with van der Waals surface area (Å²) in [6, 6.07) is 23.4. The van der Waals surface area contributed by atoms with Crippen molar-refractivity contribution in [2.24, 2.45) is 0 Å². The zero-order valence-electron chi connectivity index (χ0n) is 13.9. The number of carboxylic acids is 1. The molecule has 0 radical (unpaired) electrons. The predicted molar refractivity (Wildman–Crippen MR) is 103 cm³/mol. The van der Waals surface area contributed by atoms with Crippen molar-refractivity contribution < 1.29 is 14.7 Å². The lowest BCUT2D eigenvalue weighted by molar-refractivity contribution is 0.0692. The molecule has 2 N–H and O–H groups in total. The summed E-state index contributed by atoms with van der Waals surface area (Å²) in [6.45, 7) is 0. The van der Waals surface area contributed by atoms with Crippen LogP contribution in [0.2, 0.25) is 0 Å². The molecule has 0 atom stereocenters. The zero-order chi connectivity index (χ0) is 18.4. The van der Waals surface area contributed by atoms with Crippen molar-refractivity contribution in [2.75, 3.05) is 5.32 Å². The first-order chi connectivity index (χ1) is 12.6. The Labute approximate surface area is 151 Å². The molecule has 0 fully saturated rings. The molecule has 0 saturated carbocycles. The number of benzene rings is 3. The van der Waals surface area contributed by atoms with E-state index in [1.54, 1.807) is 24.3 Å². The Morgan fingerprint density at radius 3 is 1.85 bits per heavy atom. The lowest BCUT2D eigenvalue weighted by Crippen LogP contribution is -2.16. The van der Waals surface area contributed by atoms with Crippen LogP contribution >= 0.6 is 0 Å². The van der Waals surface area contributed by atoms with E-state index in [0.29, 0.717) is 5.69 Å². The number of nitrogens with one attached hydrogen (secondary N) is 1.